The molecule has 16 heteroatoms. The van der Waals surface area contributed by atoms with Gasteiger partial charge in [0.25, 0.3) is 5.56 Å². The molecule has 0 aliphatic heterocycles. The van der Waals surface area contributed by atoms with Crippen molar-refractivity contribution in [3.63, 3.8) is 0 Å². The molecule has 1 aromatic rings. The number of ether oxygens (including phenoxy) is 1. The van der Waals surface area contributed by atoms with Crippen LogP contribution in [0.1, 0.15) is 0 Å². The summed E-state index contributed by atoms with van der Waals surface area (Å²) in [7, 11) is -10.1. The summed E-state index contributed by atoms with van der Waals surface area (Å²) >= 11 is 0. The van der Waals surface area contributed by atoms with E-state index in [9.17, 15) is 18.7 Å². The Labute approximate surface area is 133 Å². The van der Waals surface area contributed by atoms with Gasteiger partial charge in [-0.2, -0.15) is 4.31 Å². The monoisotopic (exact) mass is 394 g/mol. The Kier molecular flexibility index (Phi) is 9.47. The molecule has 0 saturated carbocycles. The highest BCUT2D eigenvalue weighted by Crippen LogP contribution is 2.53. The van der Waals surface area contributed by atoms with Gasteiger partial charge in [0, 0.05) is 12.3 Å². The summed E-state index contributed by atoms with van der Waals surface area (Å²) in [6.45, 7) is -0.815. The van der Waals surface area contributed by atoms with E-state index >= 15 is 0 Å². The first-order chi connectivity index (χ1) is 10.9. The Morgan fingerprint density at radius 3 is 1.92 bits per heavy atom. The zero-order chi connectivity index (χ0) is 19.0. The van der Waals surface area contributed by atoms with Crippen LogP contribution in [0.4, 0.5) is 0 Å². The Morgan fingerprint density at radius 1 is 1.08 bits per heavy atom. The number of H-pyrrole nitrogens is 1. The van der Waals surface area contributed by atoms with Gasteiger partial charge < -0.3 is 34.5 Å². The lowest BCUT2D eigenvalue weighted by molar-refractivity contribution is -0.0513. The van der Waals surface area contributed by atoms with Crippen LogP contribution in [0.25, 0.3) is 0 Å². The van der Waals surface area contributed by atoms with Crippen molar-refractivity contribution >= 4 is 15.6 Å². The van der Waals surface area contributed by atoms with Crippen LogP contribution in [-0.2, 0) is 24.9 Å². The number of aromatic amines is 1. The summed E-state index contributed by atoms with van der Waals surface area (Å²) in [5, 5.41) is 17.4. The molecule has 0 saturated heterocycles. The van der Waals surface area contributed by atoms with Crippen LogP contribution >= 0.6 is 15.6 Å². The van der Waals surface area contributed by atoms with Gasteiger partial charge >= 0.3 is 21.3 Å². The zero-order valence-electron chi connectivity index (χ0n) is 11.8. The van der Waals surface area contributed by atoms with Crippen molar-refractivity contribution in [1.29, 1.82) is 0 Å². The van der Waals surface area contributed by atoms with E-state index in [2.05, 4.69) is 4.31 Å². The van der Waals surface area contributed by atoms with Crippen molar-refractivity contribution in [2.45, 2.75) is 12.8 Å². The predicted molar refractivity (Wildman–Crippen MR) is 75.5 cm³/mol. The third-order valence-electron chi connectivity index (χ3n) is 1.97. The number of aliphatic hydroxyl groups is 2. The van der Waals surface area contributed by atoms with E-state index in [-0.39, 0.29) is 19.9 Å². The fourth-order valence-corrected chi connectivity index (χ4v) is 2.14. The van der Waals surface area contributed by atoms with E-state index in [1.54, 1.807) is 0 Å². The number of nitrogens with zero attached hydrogens (tertiary/aromatic N) is 1. The predicted octanol–water partition coefficient (Wildman–Crippen LogP) is -2.95. The molecule has 1 heterocycles. The van der Waals surface area contributed by atoms with Gasteiger partial charge in [0.2, 0.25) is 0 Å². The van der Waals surface area contributed by atoms with Gasteiger partial charge in [-0.05, 0) is 0 Å². The quantitative estimate of drug-likeness (QED) is 0.230. The molecule has 0 unspecified atom stereocenters. The van der Waals surface area contributed by atoms with Crippen LogP contribution in [0.15, 0.2) is 21.9 Å². The first kappa shape index (κ1) is 22.8. The average Bonchev–Trinajstić information content (AvgIpc) is 2.38. The highest BCUT2D eigenvalue weighted by atomic mass is 31.3. The minimum Gasteiger partial charge on any atom is -0.394 e. The molecule has 140 valence electrons. The average molecular weight is 394 g/mol. The Balaban J connectivity index is 0.000000506. The summed E-state index contributed by atoms with van der Waals surface area (Å²) in [5.41, 5.74) is -1.09. The minimum absolute atomic E-state index is 0.138. The molecule has 0 fully saturated rings. The van der Waals surface area contributed by atoms with Crippen molar-refractivity contribution in [3.8, 4) is 0 Å². The molecule has 7 N–H and O–H groups in total. The van der Waals surface area contributed by atoms with Gasteiger partial charge in [0.1, 0.15) is 12.8 Å². The smallest absolute Gasteiger partial charge is 0.394 e. The molecule has 14 nitrogen and oxygen atoms in total. The Bertz CT molecular complexity index is 677. The van der Waals surface area contributed by atoms with E-state index in [1.165, 1.54) is 12.3 Å². The number of aliphatic hydroxyl groups excluding tert-OH is 2. The first-order valence-corrected chi connectivity index (χ1v) is 8.89. The van der Waals surface area contributed by atoms with E-state index in [0.29, 0.717) is 0 Å². The molecule has 24 heavy (non-hydrogen) atoms. The third kappa shape index (κ3) is 11.4. The molecule has 1 aromatic heterocycles. The topological polar surface area (TPSA) is 229 Å². The second-order valence-corrected chi connectivity index (χ2v) is 6.54. The lowest BCUT2D eigenvalue weighted by Crippen LogP contribution is -2.32. The summed E-state index contributed by atoms with van der Waals surface area (Å²) in [5.74, 6) is 0. The Hall–Kier alpha value is -1.18. The molecule has 0 aromatic carbocycles. The molecule has 0 radical (unpaired) electrons. The number of hydrogen-bond acceptors (Lipinski definition) is 8. The molecule has 1 rings (SSSR count). The highest BCUT2D eigenvalue weighted by Gasteiger charge is 2.27. The molecule has 0 bridgehead atoms. The fraction of sp³-hybridized carbons (Fsp3) is 0.500. The van der Waals surface area contributed by atoms with Gasteiger partial charge in [-0.25, -0.2) is 13.9 Å². The van der Waals surface area contributed by atoms with Gasteiger partial charge in [-0.1, -0.05) is 0 Å². The molecule has 0 spiro atoms. The molecule has 0 aliphatic carbocycles. The van der Waals surface area contributed by atoms with E-state index < -0.39 is 33.0 Å². The lowest BCUT2D eigenvalue weighted by atomic mass is 10.4. The van der Waals surface area contributed by atoms with E-state index in [0.717, 1.165) is 4.57 Å². The maximum absolute atomic E-state index is 11.1. The van der Waals surface area contributed by atoms with Gasteiger partial charge in [0.15, 0.2) is 0 Å². The molecule has 0 atom stereocenters. The van der Waals surface area contributed by atoms with Crippen LogP contribution < -0.4 is 11.2 Å². The maximum Gasteiger partial charge on any atom is 0.478 e. The second-order valence-electron chi connectivity index (χ2n) is 3.93. The van der Waals surface area contributed by atoms with Gasteiger partial charge in [0.05, 0.1) is 13.2 Å². The lowest BCUT2D eigenvalue weighted by Gasteiger charge is -2.12. The Morgan fingerprint density at radius 2 is 1.58 bits per heavy atom. The molecule has 0 amide bonds. The van der Waals surface area contributed by atoms with Crippen LogP contribution in [-0.4, -0.2) is 58.7 Å². The number of aromatic nitrogens is 2. The standard InChI is InChI=1S/C8H12N2O5.H4O7P2/c11-3-6(4-12)15-5-10-2-1-7(13)9-8(10)14;1-8(2,3)7-9(4,5)6/h1-2,6,11-12H,3-5H2,(H,9,13,14);(H2,1,2,3)(H2,4,5,6). The highest BCUT2D eigenvalue weighted by molar-refractivity contribution is 7.60. The summed E-state index contributed by atoms with van der Waals surface area (Å²) in [4.78, 5) is 54.9. The molecular formula is C8H16N2O12P2. The zero-order valence-corrected chi connectivity index (χ0v) is 13.6. The largest absolute Gasteiger partial charge is 0.478 e. The van der Waals surface area contributed by atoms with E-state index in [1.807, 2.05) is 4.98 Å². The van der Waals surface area contributed by atoms with Gasteiger partial charge in [-0.15, -0.1) is 0 Å². The van der Waals surface area contributed by atoms with Crippen LogP contribution in [0, 0.1) is 0 Å². The molecule has 0 aliphatic rings. The molecular weight excluding hydrogens is 378 g/mol. The van der Waals surface area contributed by atoms with Crippen molar-refractivity contribution in [3.05, 3.63) is 33.1 Å². The maximum atomic E-state index is 11.1. The summed E-state index contributed by atoms with van der Waals surface area (Å²) in [6.07, 6.45) is 0.538. The summed E-state index contributed by atoms with van der Waals surface area (Å²) in [6, 6.07) is 1.18. The van der Waals surface area contributed by atoms with Crippen LogP contribution in [0.5, 0.6) is 0 Å². The van der Waals surface area contributed by atoms with Crippen molar-refractivity contribution in [2.75, 3.05) is 13.2 Å². The van der Waals surface area contributed by atoms with Crippen LogP contribution in [0.3, 0.4) is 0 Å². The first-order valence-electron chi connectivity index (χ1n) is 5.83. The minimum atomic E-state index is -5.05. The third-order valence-corrected chi connectivity index (χ3v) is 3.67. The number of phosphoric acid groups is 2. The van der Waals surface area contributed by atoms with Crippen molar-refractivity contribution < 1.29 is 48.0 Å². The van der Waals surface area contributed by atoms with Crippen molar-refractivity contribution in [2.24, 2.45) is 0 Å². The SMILES string of the molecule is O=P(O)(O)OP(=O)(O)O.O=c1ccn(COC(CO)CO)c(=O)[nH]1. The van der Waals surface area contributed by atoms with Crippen LogP contribution in [0.2, 0.25) is 0 Å². The number of rotatable bonds is 7. The van der Waals surface area contributed by atoms with Crippen molar-refractivity contribution in [1.82, 2.24) is 9.55 Å². The summed E-state index contributed by atoms with van der Waals surface area (Å²) < 4.78 is 28.3. The second kappa shape index (κ2) is 9.96. The fourth-order valence-electron chi connectivity index (χ4n) is 1.03. The number of nitrogens with one attached hydrogen (secondary N) is 1. The normalized spacial score (nSPS) is 12.0. The van der Waals surface area contributed by atoms with E-state index in [4.69, 9.17) is 34.5 Å². The number of hydrogen-bond donors (Lipinski definition) is 7. The van der Waals surface area contributed by atoms with Gasteiger partial charge in [-0.3, -0.25) is 14.3 Å².